The van der Waals surface area contributed by atoms with Crippen molar-refractivity contribution in [2.24, 2.45) is 11.7 Å². The molecular weight excluding hydrogens is 286 g/mol. The monoisotopic (exact) mass is 303 g/mol. The summed E-state index contributed by atoms with van der Waals surface area (Å²) in [6, 6.07) is 4.12. The van der Waals surface area contributed by atoms with E-state index in [1.165, 1.54) is 12.1 Å². The average molecular weight is 303 g/mol. The van der Waals surface area contributed by atoms with Crippen molar-refractivity contribution < 1.29 is 17.6 Å². The number of nitrogens with zero attached hydrogens (tertiary/aromatic N) is 1. The normalized spacial score (nSPS) is 20.5. The maximum Gasteiger partial charge on any atom is 0.393 e. The van der Waals surface area contributed by atoms with Crippen LogP contribution in [0, 0.1) is 17.1 Å². The minimum absolute atomic E-state index is 0.0998. The third-order valence-corrected chi connectivity index (χ3v) is 3.73. The Morgan fingerprint density at radius 3 is 2.67 bits per heavy atom. The molecule has 1 aliphatic heterocycles. The Morgan fingerprint density at radius 2 is 2.10 bits per heavy atom. The third kappa shape index (κ3) is 3.93. The Labute approximate surface area is 120 Å². The number of nitrogens with two attached hydrogens (primary N) is 1. The predicted molar refractivity (Wildman–Crippen MR) is 71.5 cm³/mol. The second kappa shape index (κ2) is 6.01. The van der Waals surface area contributed by atoms with Gasteiger partial charge in [0, 0.05) is 24.2 Å². The van der Waals surface area contributed by atoms with Gasteiger partial charge in [-0.25, -0.2) is 4.39 Å². The van der Waals surface area contributed by atoms with E-state index in [-0.39, 0.29) is 30.9 Å². The molecule has 1 fully saturated rings. The zero-order valence-electron chi connectivity index (χ0n) is 11.4. The minimum Gasteiger partial charge on any atom is -0.384 e. The van der Waals surface area contributed by atoms with Crippen LogP contribution in [0.1, 0.15) is 24.0 Å². The maximum atomic E-state index is 13.9. The van der Waals surface area contributed by atoms with Crippen LogP contribution in [0.15, 0.2) is 18.2 Å². The van der Waals surface area contributed by atoms with Gasteiger partial charge in [-0.2, -0.15) is 13.2 Å². The van der Waals surface area contributed by atoms with E-state index in [9.17, 15) is 17.6 Å². The Morgan fingerprint density at radius 1 is 1.38 bits per heavy atom. The minimum atomic E-state index is -4.20. The maximum absolute atomic E-state index is 13.9. The third-order valence-electron chi connectivity index (χ3n) is 3.73. The summed E-state index contributed by atoms with van der Waals surface area (Å²) in [5.41, 5.74) is 5.85. The molecule has 1 aromatic rings. The number of alkyl halides is 3. The zero-order valence-corrected chi connectivity index (χ0v) is 11.4. The molecule has 1 saturated heterocycles. The Kier molecular flexibility index (Phi) is 4.51. The van der Waals surface area contributed by atoms with Crippen molar-refractivity contribution in [2.45, 2.75) is 25.6 Å². The molecule has 116 valence electrons. The van der Waals surface area contributed by atoms with Crippen molar-refractivity contribution in [1.82, 2.24) is 4.90 Å². The SMILES string of the molecule is N=C(N)c1ccc(CN2CCCC(C(F)(F)F)C2)c(F)c1. The van der Waals surface area contributed by atoms with Gasteiger partial charge in [-0.15, -0.1) is 0 Å². The summed E-state index contributed by atoms with van der Waals surface area (Å²) >= 11 is 0. The smallest absolute Gasteiger partial charge is 0.384 e. The molecule has 7 heteroatoms. The zero-order chi connectivity index (χ0) is 15.6. The number of hydrogen-bond acceptors (Lipinski definition) is 2. The molecule has 0 aromatic heterocycles. The molecule has 1 heterocycles. The summed E-state index contributed by atoms with van der Waals surface area (Å²) in [7, 11) is 0. The highest BCUT2D eigenvalue weighted by Gasteiger charge is 2.41. The molecule has 21 heavy (non-hydrogen) atoms. The van der Waals surface area contributed by atoms with Crippen molar-refractivity contribution in [3.8, 4) is 0 Å². The van der Waals surface area contributed by atoms with Gasteiger partial charge in [0.1, 0.15) is 11.7 Å². The Bertz CT molecular complexity index is 527. The summed E-state index contributed by atoms with van der Waals surface area (Å²) in [6.07, 6.45) is -3.61. The number of amidine groups is 1. The van der Waals surface area contributed by atoms with Gasteiger partial charge in [-0.1, -0.05) is 12.1 Å². The molecule has 0 amide bonds. The molecule has 1 unspecified atom stereocenters. The second-order valence-electron chi connectivity index (χ2n) is 5.34. The number of nitrogen functional groups attached to an aromatic ring is 1. The number of benzene rings is 1. The molecule has 3 nitrogen and oxygen atoms in total. The lowest BCUT2D eigenvalue weighted by atomic mass is 9.97. The van der Waals surface area contributed by atoms with Crippen LogP contribution in [0.4, 0.5) is 17.6 Å². The van der Waals surface area contributed by atoms with Gasteiger partial charge in [0.2, 0.25) is 0 Å². The average Bonchev–Trinajstić information content (AvgIpc) is 2.40. The molecule has 0 aliphatic carbocycles. The highest BCUT2D eigenvalue weighted by atomic mass is 19.4. The molecular formula is C14H17F4N3. The van der Waals surface area contributed by atoms with Crippen LogP contribution in [0.3, 0.4) is 0 Å². The van der Waals surface area contributed by atoms with Crippen LogP contribution in [-0.2, 0) is 6.54 Å². The van der Waals surface area contributed by atoms with E-state index < -0.39 is 17.9 Å². The van der Waals surface area contributed by atoms with Gasteiger partial charge in [0.05, 0.1) is 5.92 Å². The van der Waals surface area contributed by atoms with Crippen LogP contribution >= 0.6 is 0 Å². The first-order chi connectivity index (χ1) is 9.77. The van der Waals surface area contributed by atoms with E-state index in [2.05, 4.69) is 0 Å². The highest BCUT2D eigenvalue weighted by Crippen LogP contribution is 2.33. The van der Waals surface area contributed by atoms with E-state index in [0.717, 1.165) is 6.07 Å². The van der Waals surface area contributed by atoms with E-state index in [1.54, 1.807) is 4.90 Å². The summed E-state index contributed by atoms with van der Waals surface area (Å²) in [5, 5.41) is 7.23. The molecule has 1 aliphatic rings. The molecule has 1 aromatic carbocycles. The van der Waals surface area contributed by atoms with Crippen molar-refractivity contribution >= 4 is 5.84 Å². The first kappa shape index (κ1) is 15.8. The van der Waals surface area contributed by atoms with Gasteiger partial charge in [-0.3, -0.25) is 10.3 Å². The molecule has 2 rings (SSSR count). The topological polar surface area (TPSA) is 53.1 Å². The number of rotatable bonds is 3. The number of piperidine rings is 1. The fourth-order valence-electron chi connectivity index (χ4n) is 2.55. The summed E-state index contributed by atoms with van der Waals surface area (Å²) < 4.78 is 52.1. The second-order valence-corrected chi connectivity index (χ2v) is 5.34. The number of hydrogen-bond donors (Lipinski definition) is 2. The van der Waals surface area contributed by atoms with E-state index in [0.29, 0.717) is 18.5 Å². The van der Waals surface area contributed by atoms with E-state index >= 15 is 0 Å². The summed E-state index contributed by atoms with van der Waals surface area (Å²) in [5.74, 6) is -2.13. The van der Waals surface area contributed by atoms with Crippen LogP contribution in [0.2, 0.25) is 0 Å². The van der Waals surface area contributed by atoms with Gasteiger partial charge in [0.25, 0.3) is 0 Å². The molecule has 0 spiro atoms. The number of likely N-dealkylation sites (tertiary alicyclic amines) is 1. The van der Waals surface area contributed by atoms with Gasteiger partial charge >= 0.3 is 6.18 Å². The predicted octanol–water partition coefficient (Wildman–Crippen LogP) is 2.88. The first-order valence-electron chi connectivity index (χ1n) is 6.69. The van der Waals surface area contributed by atoms with Gasteiger partial charge in [-0.05, 0) is 25.5 Å². The Hall–Kier alpha value is -1.63. The van der Waals surface area contributed by atoms with Crippen LogP contribution in [-0.4, -0.2) is 30.0 Å². The first-order valence-corrected chi connectivity index (χ1v) is 6.69. The van der Waals surface area contributed by atoms with Crippen molar-refractivity contribution in [2.75, 3.05) is 13.1 Å². The van der Waals surface area contributed by atoms with Crippen molar-refractivity contribution in [1.29, 1.82) is 5.41 Å². The van der Waals surface area contributed by atoms with Crippen LogP contribution < -0.4 is 5.73 Å². The lowest BCUT2D eigenvalue weighted by Gasteiger charge is -2.33. The highest BCUT2D eigenvalue weighted by molar-refractivity contribution is 5.94. The summed E-state index contributed by atoms with van der Waals surface area (Å²) in [6.45, 7) is 0.564. The molecule has 3 N–H and O–H groups in total. The van der Waals surface area contributed by atoms with Crippen molar-refractivity contribution in [3.05, 3.63) is 35.1 Å². The van der Waals surface area contributed by atoms with E-state index in [1.807, 2.05) is 0 Å². The fraction of sp³-hybridized carbons (Fsp3) is 0.500. The molecule has 0 radical (unpaired) electrons. The molecule has 0 bridgehead atoms. The lowest BCUT2D eigenvalue weighted by Crippen LogP contribution is -2.41. The molecule has 0 saturated carbocycles. The van der Waals surface area contributed by atoms with Gasteiger partial charge in [0.15, 0.2) is 0 Å². The lowest BCUT2D eigenvalue weighted by molar-refractivity contribution is -0.187. The Balaban J connectivity index is 2.06. The standard InChI is InChI=1S/C14H17F4N3/c15-12-6-9(13(19)20)3-4-10(12)7-21-5-1-2-11(8-21)14(16,17)18/h3-4,6,11H,1-2,5,7-8H2,(H3,19,20). The van der Waals surface area contributed by atoms with Crippen molar-refractivity contribution in [3.63, 3.8) is 0 Å². The van der Waals surface area contributed by atoms with Crippen LogP contribution in [0.5, 0.6) is 0 Å². The largest absolute Gasteiger partial charge is 0.393 e. The van der Waals surface area contributed by atoms with E-state index in [4.69, 9.17) is 11.1 Å². The number of nitrogens with one attached hydrogen (secondary N) is 1. The van der Waals surface area contributed by atoms with Crippen LogP contribution in [0.25, 0.3) is 0 Å². The fourth-order valence-corrected chi connectivity index (χ4v) is 2.55. The number of halogens is 4. The quantitative estimate of drug-likeness (QED) is 0.512. The van der Waals surface area contributed by atoms with Gasteiger partial charge < -0.3 is 5.73 Å². The summed E-state index contributed by atoms with van der Waals surface area (Å²) in [4.78, 5) is 1.62. The molecule has 1 atom stereocenters.